The van der Waals surface area contributed by atoms with Crippen LogP contribution in [0.1, 0.15) is 30.8 Å². The summed E-state index contributed by atoms with van der Waals surface area (Å²) in [7, 11) is 1.71. The minimum absolute atomic E-state index is 0.276. The smallest absolute Gasteiger partial charge is 0.160 e. The average molecular weight is 268 g/mol. The van der Waals surface area contributed by atoms with Gasteiger partial charge >= 0.3 is 0 Å². The highest BCUT2D eigenvalue weighted by molar-refractivity contribution is 6.16. The number of rotatable bonds is 5. The van der Waals surface area contributed by atoms with E-state index in [9.17, 15) is 0 Å². The summed E-state index contributed by atoms with van der Waals surface area (Å²) in [6, 6.07) is 2.25. The molecule has 0 aromatic carbocycles. The lowest BCUT2D eigenvalue weighted by Gasteiger charge is -2.15. The number of aryl methyl sites for hydroxylation is 1. The second-order valence-corrected chi connectivity index (χ2v) is 4.73. The fourth-order valence-corrected chi connectivity index (χ4v) is 2.32. The van der Waals surface area contributed by atoms with E-state index in [1.54, 1.807) is 7.11 Å². The van der Waals surface area contributed by atoms with E-state index in [0.717, 1.165) is 29.0 Å². The Bertz CT molecular complexity index is 538. The molecule has 0 fully saturated rings. The van der Waals surface area contributed by atoms with Crippen molar-refractivity contribution in [3.05, 3.63) is 23.7 Å². The fourth-order valence-electron chi connectivity index (χ4n) is 2.13. The average Bonchev–Trinajstić information content (AvgIpc) is 2.76. The van der Waals surface area contributed by atoms with Crippen LogP contribution in [0.2, 0.25) is 0 Å². The van der Waals surface area contributed by atoms with Gasteiger partial charge in [-0.05, 0) is 31.9 Å². The molecule has 18 heavy (non-hydrogen) atoms. The standard InChI is InChI=1S/C13H18ClN3O/c1-9-4-6-15-13-12(9)16-11(8-14)17(13)10(2)5-7-18-3/h4,6,10H,5,7-8H2,1-3H3. The summed E-state index contributed by atoms with van der Waals surface area (Å²) in [5, 5.41) is 0. The second kappa shape index (κ2) is 5.67. The molecule has 1 atom stereocenters. The Kier molecular flexibility index (Phi) is 4.19. The van der Waals surface area contributed by atoms with E-state index >= 15 is 0 Å². The van der Waals surface area contributed by atoms with Crippen LogP contribution in [0.4, 0.5) is 0 Å². The Labute approximate surface area is 112 Å². The molecule has 0 saturated heterocycles. The third kappa shape index (κ3) is 2.35. The number of methoxy groups -OCH3 is 1. The largest absolute Gasteiger partial charge is 0.385 e. The lowest BCUT2D eigenvalue weighted by atomic mass is 10.2. The first-order chi connectivity index (χ1) is 8.69. The lowest BCUT2D eigenvalue weighted by molar-refractivity contribution is 0.181. The quantitative estimate of drug-likeness (QED) is 0.782. The van der Waals surface area contributed by atoms with Crippen molar-refractivity contribution in [3.63, 3.8) is 0 Å². The van der Waals surface area contributed by atoms with Crippen LogP contribution in [0.3, 0.4) is 0 Å². The molecule has 98 valence electrons. The highest BCUT2D eigenvalue weighted by Crippen LogP contribution is 2.24. The molecule has 0 saturated carbocycles. The Morgan fingerprint density at radius 2 is 2.28 bits per heavy atom. The zero-order valence-corrected chi connectivity index (χ0v) is 11.7. The summed E-state index contributed by atoms with van der Waals surface area (Å²) in [6.07, 6.45) is 2.73. The van der Waals surface area contributed by atoms with E-state index in [2.05, 4.69) is 21.5 Å². The van der Waals surface area contributed by atoms with Crippen molar-refractivity contribution in [2.24, 2.45) is 0 Å². The Balaban J connectivity index is 2.50. The number of hydrogen-bond donors (Lipinski definition) is 0. The van der Waals surface area contributed by atoms with Gasteiger partial charge in [0.2, 0.25) is 0 Å². The molecule has 2 aromatic rings. The third-order valence-electron chi connectivity index (χ3n) is 3.15. The van der Waals surface area contributed by atoms with Gasteiger partial charge in [-0.15, -0.1) is 11.6 Å². The van der Waals surface area contributed by atoms with Crippen LogP contribution in [0.25, 0.3) is 11.2 Å². The summed E-state index contributed by atoms with van der Waals surface area (Å²) in [4.78, 5) is 9.03. The Hall–Kier alpha value is -1.13. The maximum Gasteiger partial charge on any atom is 0.160 e. The SMILES string of the molecule is COCCC(C)n1c(CCl)nc2c(C)ccnc21. The van der Waals surface area contributed by atoms with Gasteiger partial charge in [-0.1, -0.05) is 0 Å². The van der Waals surface area contributed by atoms with Crippen LogP contribution in [0.15, 0.2) is 12.3 Å². The molecule has 0 radical (unpaired) electrons. The van der Waals surface area contributed by atoms with Crippen LogP contribution in [-0.2, 0) is 10.6 Å². The highest BCUT2D eigenvalue weighted by Gasteiger charge is 2.17. The minimum Gasteiger partial charge on any atom is -0.385 e. The number of halogens is 1. The lowest BCUT2D eigenvalue weighted by Crippen LogP contribution is -2.11. The molecule has 1 unspecified atom stereocenters. The summed E-state index contributed by atoms with van der Waals surface area (Å²) >= 11 is 5.99. The van der Waals surface area contributed by atoms with Gasteiger partial charge in [-0.3, -0.25) is 0 Å². The first-order valence-electron chi connectivity index (χ1n) is 6.06. The van der Waals surface area contributed by atoms with Gasteiger partial charge in [0.15, 0.2) is 5.65 Å². The number of alkyl halides is 1. The normalized spacial score (nSPS) is 13.1. The van der Waals surface area contributed by atoms with Crippen molar-refractivity contribution < 1.29 is 4.74 Å². The van der Waals surface area contributed by atoms with Gasteiger partial charge in [-0.2, -0.15) is 0 Å². The van der Waals surface area contributed by atoms with Gasteiger partial charge in [0.05, 0.1) is 5.88 Å². The predicted octanol–water partition coefficient (Wildman–Crippen LogP) is 3.08. The molecule has 2 aromatic heterocycles. The zero-order valence-electron chi connectivity index (χ0n) is 11.0. The molecule has 0 aliphatic heterocycles. The molecule has 0 spiro atoms. The molecule has 2 rings (SSSR count). The van der Waals surface area contributed by atoms with Crippen molar-refractivity contribution in [1.82, 2.24) is 14.5 Å². The third-order valence-corrected chi connectivity index (χ3v) is 3.39. The number of imidazole rings is 1. The van der Waals surface area contributed by atoms with Crippen LogP contribution >= 0.6 is 11.6 Å². The van der Waals surface area contributed by atoms with E-state index in [-0.39, 0.29) is 6.04 Å². The highest BCUT2D eigenvalue weighted by atomic mass is 35.5. The van der Waals surface area contributed by atoms with Crippen molar-refractivity contribution >= 4 is 22.8 Å². The fraction of sp³-hybridized carbons (Fsp3) is 0.538. The molecule has 0 N–H and O–H groups in total. The number of nitrogens with zero attached hydrogens (tertiary/aromatic N) is 3. The number of aromatic nitrogens is 3. The van der Waals surface area contributed by atoms with Crippen LogP contribution in [0, 0.1) is 6.92 Å². The van der Waals surface area contributed by atoms with E-state index < -0.39 is 0 Å². The van der Waals surface area contributed by atoms with Gasteiger partial charge < -0.3 is 9.30 Å². The number of ether oxygens (including phenoxy) is 1. The molecule has 0 aliphatic carbocycles. The van der Waals surface area contributed by atoms with Gasteiger partial charge in [0.25, 0.3) is 0 Å². The van der Waals surface area contributed by atoms with Crippen LogP contribution < -0.4 is 0 Å². The first kappa shape index (κ1) is 13.3. The number of fused-ring (bicyclic) bond motifs is 1. The van der Waals surface area contributed by atoms with E-state index in [1.165, 1.54) is 0 Å². The molecule has 0 aliphatic rings. The summed E-state index contributed by atoms with van der Waals surface area (Å²) in [5.74, 6) is 1.27. The topological polar surface area (TPSA) is 39.9 Å². The molecule has 5 heteroatoms. The van der Waals surface area contributed by atoms with Crippen molar-refractivity contribution in [1.29, 1.82) is 0 Å². The maximum atomic E-state index is 5.99. The molecular weight excluding hydrogens is 250 g/mol. The first-order valence-corrected chi connectivity index (χ1v) is 6.59. The summed E-state index contributed by atoms with van der Waals surface area (Å²) < 4.78 is 7.25. The predicted molar refractivity (Wildman–Crippen MR) is 73.0 cm³/mol. The van der Waals surface area contributed by atoms with Crippen molar-refractivity contribution in [2.45, 2.75) is 32.2 Å². The minimum atomic E-state index is 0.276. The summed E-state index contributed by atoms with van der Waals surface area (Å²) in [5.41, 5.74) is 2.98. The molecule has 4 nitrogen and oxygen atoms in total. The Morgan fingerprint density at radius 1 is 1.50 bits per heavy atom. The summed E-state index contributed by atoms with van der Waals surface area (Å²) in [6.45, 7) is 4.90. The van der Waals surface area contributed by atoms with Crippen molar-refractivity contribution in [3.8, 4) is 0 Å². The van der Waals surface area contributed by atoms with Gasteiger partial charge in [-0.25, -0.2) is 9.97 Å². The van der Waals surface area contributed by atoms with E-state index in [1.807, 2.05) is 19.2 Å². The molecule has 0 bridgehead atoms. The monoisotopic (exact) mass is 267 g/mol. The molecular formula is C13H18ClN3O. The van der Waals surface area contributed by atoms with Crippen molar-refractivity contribution in [2.75, 3.05) is 13.7 Å². The van der Waals surface area contributed by atoms with Gasteiger partial charge in [0, 0.05) is 26.0 Å². The zero-order chi connectivity index (χ0) is 13.1. The van der Waals surface area contributed by atoms with E-state index in [4.69, 9.17) is 16.3 Å². The van der Waals surface area contributed by atoms with Crippen LogP contribution in [-0.4, -0.2) is 28.3 Å². The molecule has 0 amide bonds. The number of hydrogen-bond acceptors (Lipinski definition) is 3. The van der Waals surface area contributed by atoms with E-state index in [0.29, 0.717) is 12.5 Å². The molecule has 2 heterocycles. The number of pyridine rings is 1. The van der Waals surface area contributed by atoms with Crippen LogP contribution in [0.5, 0.6) is 0 Å². The maximum absolute atomic E-state index is 5.99. The van der Waals surface area contributed by atoms with Gasteiger partial charge in [0.1, 0.15) is 11.3 Å². The second-order valence-electron chi connectivity index (χ2n) is 4.46. The Morgan fingerprint density at radius 3 is 2.94 bits per heavy atom.